The molecular weight excluding hydrogens is 394 g/mol. The molecule has 0 bridgehead atoms. The molecule has 0 saturated carbocycles. The van der Waals surface area contributed by atoms with Crippen molar-refractivity contribution in [2.24, 2.45) is 5.10 Å². The molecule has 3 amide bonds. The van der Waals surface area contributed by atoms with Crippen LogP contribution in [0.15, 0.2) is 84.0 Å². The molecule has 0 radical (unpaired) electrons. The summed E-state index contributed by atoms with van der Waals surface area (Å²) >= 11 is 0. The van der Waals surface area contributed by atoms with Crippen molar-refractivity contribution in [3.8, 4) is 11.5 Å². The maximum atomic E-state index is 13.5. The minimum absolute atomic E-state index is 0.00108. The van der Waals surface area contributed by atoms with Gasteiger partial charge < -0.3 is 15.2 Å². The highest BCUT2D eigenvalue weighted by Gasteiger charge is 2.54. The smallest absolute Gasteiger partial charge is 0.346 e. The van der Waals surface area contributed by atoms with Crippen LogP contribution >= 0.6 is 0 Å². The van der Waals surface area contributed by atoms with Gasteiger partial charge in [-0.2, -0.15) is 5.10 Å². The third kappa shape index (κ3) is 3.61. The van der Waals surface area contributed by atoms with Gasteiger partial charge in [0.15, 0.2) is 17.0 Å². The van der Waals surface area contributed by atoms with E-state index in [4.69, 9.17) is 4.74 Å². The number of imide groups is 1. The summed E-state index contributed by atoms with van der Waals surface area (Å²) in [6.07, 6.45) is 1.38. The van der Waals surface area contributed by atoms with Crippen molar-refractivity contribution in [2.45, 2.75) is 12.5 Å². The maximum Gasteiger partial charge on any atom is 0.346 e. The van der Waals surface area contributed by atoms with E-state index in [1.807, 2.05) is 36.4 Å². The van der Waals surface area contributed by atoms with Crippen molar-refractivity contribution in [3.05, 3.63) is 95.6 Å². The Balaban J connectivity index is 1.72. The van der Waals surface area contributed by atoms with Crippen molar-refractivity contribution in [3.63, 3.8) is 0 Å². The molecule has 1 heterocycles. The number of ether oxygens (including phenoxy) is 1. The highest BCUT2D eigenvalue weighted by Crippen LogP contribution is 2.36. The number of hydrogen-bond donors (Lipinski definition) is 2. The van der Waals surface area contributed by atoms with Crippen LogP contribution < -0.4 is 10.1 Å². The molecule has 3 aromatic rings. The van der Waals surface area contributed by atoms with E-state index in [0.29, 0.717) is 29.0 Å². The van der Waals surface area contributed by atoms with Crippen LogP contribution in [0.4, 0.5) is 4.79 Å². The monoisotopic (exact) mass is 415 g/mol. The topological polar surface area (TPSA) is 91.2 Å². The molecule has 1 aliphatic rings. The van der Waals surface area contributed by atoms with Crippen molar-refractivity contribution in [2.75, 3.05) is 6.61 Å². The first-order valence-electron chi connectivity index (χ1n) is 9.84. The molecule has 7 nitrogen and oxygen atoms in total. The number of nitrogens with one attached hydrogen (secondary N) is 1. The zero-order chi connectivity index (χ0) is 21.8. The van der Waals surface area contributed by atoms with Crippen LogP contribution in [0.25, 0.3) is 0 Å². The van der Waals surface area contributed by atoms with Gasteiger partial charge in [-0.1, -0.05) is 60.7 Å². The number of carbonyl (C=O) groups excluding carboxylic acids is 2. The summed E-state index contributed by atoms with van der Waals surface area (Å²) in [6, 6.07) is 22.2. The first-order chi connectivity index (χ1) is 15.1. The second-order valence-corrected chi connectivity index (χ2v) is 6.93. The summed E-state index contributed by atoms with van der Waals surface area (Å²) < 4.78 is 5.37. The Morgan fingerprint density at radius 2 is 1.61 bits per heavy atom. The van der Waals surface area contributed by atoms with Crippen molar-refractivity contribution in [1.29, 1.82) is 0 Å². The zero-order valence-corrected chi connectivity index (χ0v) is 16.9. The largest absolute Gasteiger partial charge is 0.504 e. The molecule has 31 heavy (non-hydrogen) atoms. The fourth-order valence-corrected chi connectivity index (χ4v) is 3.56. The summed E-state index contributed by atoms with van der Waals surface area (Å²) in [5, 5.41) is 17.7. The Labute approximate surface area is 179 Å². The molecular formula is C24H21N3O4. The van der Waals surface area contributed by atoms with Gasteiger partial charge in [-0.3, -0.25) is 4.79 Å². The highest BCUT2D eigenvalue weighted by molar-refractivity contribution is 6.09. The number of nitrogens with zero attached hydrogens (tertiary/aromatic N) is 2. The summed E-state index contributed by atoms with van der Waals surface area (Å²) in [5.41, 5.74) is 0.474. The molecule has 1 aliphatic heterocycles. The number of urea groups is 1. The molecule has 2 N–H and O–H groups in total. The van der Waals surface area contributed by atoms with Crippen LogP contribution in [0, 0.1) is 0 Å². The average Bonchev–Trinajstić information content (AvgIpc) is 3.06. The lowest BCUT2D eigenvalue weighted by atomic mass is 9.83. The van der Waals surface area contributed by atoms with Crippen LogP contribution in [0.1, 0.15) is 23.6 Å². The zero-order valence-electron chi connectivity index (χ0n) is 16.9. The lowest BCUT2D eigenvalue weighted by molar-refractivity contribution is -0.130. The van der Waals surface area contributed by atoms with Gasteiger partial charge in [-0.15, -0.1) is 5.01 Å². The molecule has 1 saturated heterocycles. The van der Waals surface area contributed by atoms with E-state index in [-0.39, 0.29) is 5.75 Å². The SMILES string of the molecule is CCOc1cc(/C=N/N2C(=O)NC(c3ccccc3)(c3ccccc3)C2=O)ccc1O. The molecule has 7 heteroatoms. The first kappa shape index (κ1) is 20.2. The fraction of sp³-hybridized carbons (Fsp3) is 0.125. The van der Waals surface area contributed by atoms with E-state index in [1.54, 1.807) is 43.3 Å². The van der Waals surface area contributed by atoms with Gasteiger partial charge in [0.1, 0.15) is 0 Å². The number of amides is 3. The number of hydrazone groups is 1. The Morgan fingerprint density at radius 1 is 1.00 bits per heavy atom. The molecule has 0 aliphatic carbocycles. The van der Waals surface area contributed by atoms with E-state index in [2.05, 4.69) is 10.4 Å². The van der Waals surface area contributed by atoms with Gasteiger partial charge >= 0.3 is 6.03 Å². The fourth-order valence-electron chi connectivity index (χ4n) is 3.56. The molecule has 4 rings (SSSR count). The maximum absolute atomic E-state index is 13.5. The van der Waals surface area contributed by atoms with Crippen LogP contribution in [-0.2, 0) is 10.3 Å². The van der Waals surface area contributed by atoms with Gasteiger partial charge in [0.05, 0.1) is 12.8 Å². The molecule has 0 aromatic heterocycles. The summed E-state index contributed by atoms with van der Waals surface area (Å²) in [5.74, 6) is -0.206. The van der Waals surface area contributed by atoms with E-state index in [0.717, 1.165) is 5.01 Å². The number of hydrogen-bond acceptors (Lipinski definition) is 5. The van der Waals surface area contributed by atoms with Crippen molar-refractivity contribution >= 4 is 18.2 Å². The average molecular weight is 415 g/mol. The lowest BCUT2D eigenvalue weighted by Gasteiger charge is -2.27. The standard InChI is InChI=1S/C24H21N3O4/c1-2-31-21-15-17(13-14-20(21)28)16-25-27-22(29)24(26-23(27)30,18-9-5-3-6-10-18)19-11-7-4-8-12-19/h3-16,28H,2H2,1H3,(H,26,30)/b25-16+. The van der Waals surface area contributed by atoms with E-state index >= 15 is 0 Å². The Morgan fingerprint density at radius 3 is 2.19 bits per heavy atom. The Kier molecular flexibility index (Phi) is 5.41. The Hall–Kier alpha value is -4.13. The number of phenols is 1. The predicted molar refractivity (Wildman–Crippen MR) is 116 cm³/mol. The second kappa shape index (κ2) is 8.31. The van der Waals surface area contributed by atoms with Gasteiger partial charge in [0.25, 0.3) is 5.91 Å². The van der Waals surface area contributed by atoms with Crippen molar-refractivity contribution < 1.29 is 19.4 Å². The summed E-state index contributed by atoms with van der Waals surface area (Å²) in [6.45, 7) is 2.19. The Bertz CT molecular complexity index is 1090. The molecule has 3 aromatic carbocycles. The van der Waals surface area contributed by atoms with Gasteiger partial charge in [0, 0.05) is 0 Å². The molecule has 156 valence electrons. The van der Waals surface area contributed by atoms with Gasteiger partial charge in [-0.05, 0) is 41.8 Å². The molecule has 0 atom stereocenters. The van der Waals surface area contributed by atoms with Gasteiger partial charge in [-0.25, -0.2) is 4.79 Å². The van der Waals surface area contributed by atoms with Crippen LogP contribution in [-0.4, -0.2) is 34.9 Å². The number of benzene rings is 3. The third-order valence-electron chi connectivity index (χ3n) is 5.02. The highest BCUT2D eigenvalue weighted by atomic mass is 16.5. The van der Waals surface area contributed by atoms with Crippen LogP contribution in [0.5, 0.6) is 11.5 Å². The van der Waals surface area contributed by atoms with Crippen molar-refractivity contribution in [1.82, 2.24) is 10.3 Å². The normalized spacial score (nSPS) is 15.3. The molecule has 1 fully saturated rings. The summed E-state index contributed by atoms with van der Waals surface area (Å²) in [4.78, 5) is 26.4. The third-order valence-corrected chi connectivity index (χ3v) is 5.02. The minimum Gasteiger partial charge on any atom is -0.504 e. The molecule has 0 spiro atoms. The van der Waals surface area contributed by atoms with E-state index in [9.17, 15) is 14.7 Å². The number of rotatable bonds is 6. The van der Waals surface area contributed by atoms with E-state index < -0.39 is 17.5 Å². The number of carbonyl (C=O) groups is 2. The van der Waals surface area contributed by atoms with Crippen LogP contribution in [0.3, 0.4) is 0 Å². The number of aromatic hydroxyl groups is 1. The number of phenolic OH excluding ortho intramolecular Hbond substituents is 1. The molecule has 0 unspecified atom stereocenters. The second-order valence-electron chi connectivity index (χ2n) is 6.93. The summed E-state index contributed by atoms with van der Waals surface area (Å²) in [7, 11) is 0. The minimum atomic E-state index is -1.37. The van der Waals surface area contributed by atoms with Gasteiger partial charge in [0.2, 0.25) is 0 Å². The lowest BCUT2D eigenvalue weighted by Crippen LogP contribution is -2.44. The van der Waals surface area contributed by atoms with Crippen LogP contribution in [0.2, 0.25) is 0 Å². The first-order valence-corrected chi connectivity index (χ1v) is 9.84. The quantitative estimate of drug-likeness (QED) is 0.475. The predicted octanol–water partition coefficient (Wildman–Crippen LogP) is 3.62. The van der Waals surface area contributed by atoms with E-state index in [1.165, 1.54) is 12.3 Å².